The molecule has 4 nitrogen and oxygen atoms in total. The van der Waals surface area contributed by atoms with Crippen LogP contribution in [0.3, 0.4) is 0 Å². The maximum absolute atomic E-state index is 11.8. The average molecular weight is 225 g/mol. The van der Waals surface area contributed by atoms with Crippen LogP contribution in [0.2, 0.25) is 0 Å². The maximum Gasteiger partial charge on any atom is 0.330 e. The zero-order valence-corrected chi connectivity index (χ0v) is 9.78. The van der Waals surface area contributed by atoms with Crippen molar-refractivity contribution in [1.29, 1.82) is 0 Å². The summed E-state index contributed by atoms with van der Waals surface area (Å²) in [5.41, 5.74) is 0. The molecule has 4 heteroatoms. The molecule has 1 amide bonds. The summed E-state index contributed by atoms with van der Waals surface area (Å²) in [5, 5.41) is 0. The third-order valence-corrected chi connectivity index (χ3v) is 2.82. The van der Waals surface area contributed by atoms with Crippen LogP contribution < -0.4 is 0 Å². The highest BCUT2D eigenvalue weighted by Crippen LogP contribution is 2.21. The first-order valence-electron chi connectivity index (χ1n) is 5.77. The molecule has 1 aliphatic rings. The number of rotatable bonds is 6. The molecular weight excluding hydrogens is 206 g/mol. The Hall–Kier alpha value is -1.32. The Bertz CT molecular complexity index is 275. The Morgan fingerprint density at radius 3 is 3.06 bits per heavy atom. The highest BCUT2D eigenvalue weighted by molar-refractivity contribution is 5.82. The summed E-state index contributed by atoms with van der Waals surface area (Å²) < 4.78 is 4.85. The molecule has 0 aromatic heterocycles. The Morgan fingerprint density at radius 2 is 2.44 bits per heavy atom. The third-order valence-electron chi connectivity index (χ3n) is 2.82. The first-order valence-corrected chi connectivity index (χ1v) is 5.77. The number of esters is 1. The summed E-state index contributed by atoms with van der Waals surface area (Å²) in [4.78, 5) is 24.4. The minimum Gasteiger partial charge on any atom is -0.461 e. The van der Waals surface area contributed by atoms with Gasteiger partial charge in [-0.25, -0.2) is 4.79 Å². The molecule has 1 atom stereocenters. The van der Waals surface area contributed by atoms with Crippen molar-refractivity contribution in [3.8, 4) is 0 Å². The zero-order valence-electron chi connectivity index (χ0n) is 9.78. The Labute approximate surface area is 96.3 Å². The lowest BCUT2D eigenvalue weighted by atomic mass is 10.0. The molecule has 1 unspecified atom stereocenters. The van der Waals surface area contributed by atoms with Crippen LogP contribution in [0, 0.1) is 5.92 Å². The van der Waals surface area contributed by atoms with Crippen molar-refractivity contribution in [3.05, 3.63) is 12.7 Å². The van der Waals surface area contributed by atoms with Crippen LogP contribution >= 0.6 is 0 Å². The fourth-order valence-electron chi connectivity index (χ4n) is 1.96. The molecule has 1 heterocycles. The van der Waals surface area contributed by atoms with Gasteiger partial charge in [0.1, 0.15) is 6.61 Å². The van der Waals surface area contributed by atoms with Crippen molar-refractivity contribution in [2.45, 2.75) is 26.2 Å². The number of likely N-dealkylation sites (tertiary alicyclic amines) is 1. The number of nitrogens with zero attached hydrogens (tertiary/aromatic N) is 1. The Balaban J connectivity index is 2.26. The van der Waals surface area contributed by atoms with Gasteiger partial charge < -0.3 is 9.64 Å². The average Bonchev–Trinajstić information content (AvgIpc) is 2.62. The van der Waals surface area contributed by atoms with Crippen molar-refractivity contribution >= 4 is 11.9 Å². The number of hydrogen-bond donors (Lipinski definition) is 0. The molecule has 0 radical (unpaired) electrons. The van der Waals surface area contributed by atoms with Gasteiger partial charge in [-0.05, 0) is 12.8 Å². The van der Waals surface area contributed by atoms with Crippen molar-refractivity contribution in [2.24, 2.45) is 5.92 Å². The largest absolute Gasteiger partial charge is 0.461 e. The zero-order chi connectivity index (χ0) is 12.0. The van der Waals surface area contributed by atoms with Gasteiger partial charge in [0.05, 0.1) is 6.54 Å². The maximum atomic E-state index is 11.8. The van der Waals surface area contributed by atoms with E-state index in [1.54, 1.807) is 4.90 Å². The van der Waals surface area contributed by atoms with Gasteiger partial charge in [-0.2, -0.15) is 0 Å². The second-order valence-electron chi connectivity index (χ2n) is 3.97. The SMILES string of the molecule is C=CC(=O)OCCN1CCC(CCC)C1=O. The molecule has 90 valence electrons. The van der Waals surface area contributed by atoms with E-state index < -0.39 is 5.97 Å². The molecule has 0 spiro atoms. The quantitative estimate of drug-likeness (QED) is 0.506. The van der Waals surface area contributed by atoms with E-state index in [-0.39, 0.29) is 18.4 Å². The van der Waals surface area contributed by atoms with Gasteiger partial charge in [-0.3, -0.25) is 4.79 Å². The van der Waals surface area contributed by atoms with Crippen LogP contribution in [0.5, 0.6) is 0 Å². The summed E-state index contributed by atoms with van der Waals surface area (Å²) in [7, 11) is 0. The van der Waals surface area contributed by atoms with Crippen molar-refractivity contribution < 1.29 is 14.3 Å². The summed E-state index contributed by atoms with van der Waals surface area (Å²) in [6.07, 6.45) is 4.06. The standard InChI is InChI=1S/C12H19NO3/c1-3-5-10-6-7-13(12(10)15)8-9-16-11(14)4-2/h4,10H,2-3,5-9H2,1H3. The highest BCUT2D eigenvalue weighted by Gasteiger charge is 2.30. The van der Waals surface area contributed by atoms with Gasteiger partial charge >= 0.3 is 5.97 Å². The molecular formula is C12H19NO3. The lowest BCUT2D eigenvalue weighted by Gasteiger charge is -2.16. The summed E-state index contributed by atoms with van der Waals surface area (Å²) >= 11 is 0. The molecule has 0 aliphatic carbocycles. The predicted molar refractivity (Wildman–Crippen MR) is 60.8 cm³/mol. The summed E-state index contributed by atoms with van der Waals surface area (Å²) in [5.74, 6) is -0.0478. The lowest BCUT2D eigenvalue weighted by molar-refractivity contribution is -0.140. The number of ether oxygens (including phenoxy) is 1. The first kappa shape index (κ1) is 12.7. The third kappa shape index (κ3) is 3.36. The van der Waals surface area contributed by atoms with Crippen LogP contribution in [0.4, 0.5) is 0 Å². The van der Waals surface area contributed by atoms with Gasteiger partial charge in [0.25, 0.3) is 0 Å². The topological polar surface area (TPSA) is 46.6 Å². The summed E-state index contributed by atoms with van der Waals surface area (Å²) in [6, 6.07) is 0. The summed E-state index contributed by atoms with van der Waals surface area (Å²) in [6.45, 7) is 6.94. The van der Waals surface area contributed by atoms with Crippen LogP contribution in [-0.2, 0) is 14.3 Å². The number of amides is 1. The Morgan fingerprint density at radius 1 is 1.69 bits per heavy atom. The smallest absolute Gasteiger partial charge is 0.330 e. The molecule has 0 saturated carbocycles. The first-order chi connectivity index (χ1) is 7.69. The molecule has 1 aliphatic heterocycles. The van der Waals surface area contributed by atoms with E-state index in [0.29, 0.717) is 6.54 Å². The normalized spacial score (nSPS) is 19.9. The molecule has 1 rings (SSSR count). The van der Waals surface area contributed by atoms with E-state index >= 15 is 0 Å². The minimum atomic E-state index is -0.434. The van der Waals surface area contributed by atoms with Crippen LogP contribution in [0.1, 0.15) is 26.2 Å². The minimum absolute atomic E-state index is 0.181. The van der Waals surface area contributed by atoms with E-state index in [0.717, 1.165) is 31.9 Å². The van der Waals surface area contributed by atoms with Gasteiger partial charge in [0, 0.05) is 18.5 Å². The van der Waals surface area contributed by atoms with Crippen molar-refractivity contribution in [1.82, 2.24) is 4.90 Å². The molecule has 1 saturated heterocycles. The fourth-order valence-corrected chi connectivity index (χ4v) is 1.96. The van der Waals surface area contributed by atoms with Gasteiger partial charge in [0.15, 0.2) is 0 Å². The molecule has 0 bridgehead atoms. The second kappa shape index (κ2) is 6.30. The van der Waals surface area contributed by atoms with E-state index in [1.165, 1.54) is 0 Å². The fraction of sp³-hybridized carbons (Fsp3) is 0.667. The molecule has 0 aromatic carbocycles. The van der Waals surface area contributed by atoms with E-state index in [1.807, 2.05) is 0 Å². The van der Waals surface area contributed by atoms with Gasteiger partial charge in [-0.15, -0.1) is 0 Å². The lowest BCUT2D eigenvalue weighted by Crippen LogP contribution is -2.31. The highest BCUT2D eigenvalue weighted by atomic mass is 16.5. The van der Waals surface area contributed by atoms with E-state index in [2.05, 4.69) is 13.5 Å². The molecule has 0 N–H and O–H groups in total. The molecule has 1 fully saturated rings. The van der Waals surface area contributed by atoms with Crippen LogP contribution in [0.15, 0.2) is 12.7 Å². The number of hydrogen-bond acceptors (Lipinski definition) is 3. The van der Waals surface area contributed by atoms with Crippen molar-refractivity contribution in [3.63, 3.8) is 0 Å². The van der Waals surface area contributed by atoms with Gasteiger partial charge in [0.2, 0.25) is 5.91 Å². The number of carbonyl (C=O) groups excluding carboxylic acids is 2. The predicted octanol–water partition coefficient (Wildman–Crippen LogP) is 1.36. The number of carbonyl (C=O) groups is 2. The van der Waals surface area contributed by atoms with E-state index in [4.69, 9.17) is 4.74 Å². The van der Waals surface area contributed by atoms with Crippen LogP contribution in [-0.4, -0.2) is 36.5 Å². The van der Waals surface area contributed by atoms with E-state index in [9.17, 15) is 9.59 Å². The van der Waals surface area contributed by atoms with Gasteiger partial charge in [-0.1, -0.05) is 19.9 Å². The van der Waals surface area contributed by atoms with Crippen molar-refractivity contribution in [2.75, 3.05) is 19.7 Å². The molecule has 0 aromatic rings. The molecule has 16 heavy (non-hydrogen) atoms. The monoisotopic (exact) mass is 225 g/mol. The van der Waals surface area contributed by atoms with Crippen LogP contribution in [0.25, 0.3) is 0 Å². The second-order valence-corrected chi connectivity index (χ2v) is 3.97. The Kier molecular flexibility index (Phi) is 5.02.